The number of halogens is 3. The standard InChI is InChI=1S/C11H8F3N3O3S/c12-11(13,14)20-7-3-1-6(2-4-7)5-21-9-8(10(18)19)15-17-16-9/h1-4H,5H2,(H,18,19)(H,15,16,17). The molecular formula is C11H8F3N3O3S. The van der Waals surface area contributed by atoms with Gasteiger partial charge in [0.2, 0.25) is 5.69 Å². The van der Waals surface area contributed by atoms with Crippen LogP contribution in [0.2, 0.25) is 0 Å². The molecule has 112 valence electrons. The van der Waals surface area contributed by atoms with Crippen LogP contribution in [0, 0.1) is 0 Å². The number of thioether (sulfide) groups is 1. The summed E-state index contributed by atoms with van der Waals surface area (Å²) in [5.41, 5.74) is 0.492. The van der Waals surface area contributed by atoms with Crippen molar-refractivity contribution in [2.24, 2.45) is 0 Å². The molecule has 0 fully saturated rings. The van der Waals surface area contributed by atoms with Crippen molar-refractivity contribution in [3.8, 4) is 5.75 Å². The van der Waals surface area contributed by atoms with Gasteiger partial charge in [0.05, 0.1) is 0 Å². The van der Waals surface area contributed by atoms with Crippen molar-refractivity contribution >= 4 is 17.7 Å². The summed E-state index contributed by atoms with van der Waals surface area (Å²) < 4.78 is 39.7. The van der Waals surface area contributed by atoms with E-state index in [1.807, 2.05) is 0 Å². The molecule has 0 bridgehead atoms. The Morgan fingerprint density at radius 2 is 1.95 bits per heavy atom. The van der Waals surface area contributed by atoms with Crippen molar-refractivity contribution < 1.29 is 27.8 Å². The maximum absolute atomic E-state index is 12.0. The molecule has 21 heavy (non-hydrogen) atoms. The SMILES string of the molecule is O=C(O)c1n[nH]nc1SCc1ccc(OC(F)(F)F)cc1. The number of aromatic nitrogens is 3. The van der Waals surface area contributed by atoms with E-state index in [-0.39, 0.29) is 16.5 Å². The summed E-state index contributed by atoms with van der Waals surface area (Å²) in [6.07, 6.45) is -4.73. The van der Waals surface area contributed by atoms with Crippen molar-refractivity contribution in [3.63, 3.8) is 0 Å². The van der Waals surface area contributed by atoms with Crippen LogP contribution >= 0.6 is 11.8 Å². The summed E-state index contributed by atoms with van der Waals surface area (Å²) >= 11 is 1.11. The van der Waals surface area contributed by atoms with Crippen molar-refractivity contribution in [1.29, 1.82) is 0 Å². The summed E-state index contributed by atoms with van der Waals surface area (Å²) in [7, 11) is 0. The van der Waals surface area contributed by atoms with Gasteiger partial charge in [-0.3, -0.25) is 0 Å². The van der Waals surface area contributed by atoms with Crippen LogP contribution in [-0.2, 0) is 5.75 Å². The van der Waals surface area contributed by atoms with Crippen LogP contribution < -0.4 is 4.74 Å². The Morgan fingerprint density at radius 3 is 2.52 bits per heavy atom. The highest BCUT2D eigenvalue weighted by atomic mass is 32.2. The lowest BCUT2D eigenvalue weighted by Crippen LogP contribution is -2.16. The van der Waals surface area contributed by atoms with Crippen LogP contribution in [0.1, 0.15) is 16.1 Å². The highest BCUT2D eigenvalue weighted by molar-refractivity contribution is 7.98. The number of carbonyl (C=O) groups is 1. The van der Waals surface area contributed by atoms with Gasteiger partial charge in [0.1, 0.15) is 5.75 Å². The fourth-order valence-electron chi connectivity index (χ4n) is 1.40. The van der Waals surface area contributed by atoms with Crippen LogP contribution in [0.5, 0.6) is 5.75 Å². The number of nitrogens with one attached hydrogen (secondary N) is 1. The first-order valence-corrected chi connectivity index (χ1v) is 6.45. The maximum atomic E-state index is 12.0. The predicted octanol–water partition coefficient (Wildman–Crippen LogP) is 2.69. The Kier molecular flexibility index (Phi) is 4.36. The van der Waals surface area contributed by atoms with Crippen molar-refractivity contribution in [2.75, 3.05) is 0 Å². The lowest BCUT2D eigenvalue weighted by molar-refractivity contribution is -0.274. The maximum Gasteiger partial charge on any atom is 0.573 e. The number of aromatic carboxylic acids is 1. The van der Waals surface area contributed by atoms with Gasteiger partial charge in [-0.05, 0) is 17.7 Å². The first-order valence-electron chi connectivity index (χ1n) is 5.47. The molecule has 0 saturated carbocycles. The van der Waals surface area contributed by atoms with Crippen molar-refractivity contribution in [3.05, 3.63) is 35.5 Å². The zero-order valence-electron chi connectivity index (χ0n) is 10.2. The second kappa shape index (κ2) is 6.04. The molecule has 1 aromatic carbocycles. The van der Waals surface area contributed by atoms with Crippen LogP contribution in [0.25, 0.3) is 0 Å². The van der Waals surface area contributed by atoms with Gasteiger partial charge in [-0.15, -0.1) is 23.4 Å². The summed E-state index contributed by atoms with van der Waals surface area (Å²) in [5, 5.41) is 18.4. The molecule has 1 heterocycles. The van der Waals surface area contributed by atoms with Gasteiger partial charge in [-0.25, -0.2) is 4.79 Å². The van der Waals surface area contributed by atoms with Gasteiger partial charge in [-0.2, -0.15) is 5.21 Å². The Balaban J connectivity index is 1.98. The number of H-pyrrole nitrogens is 1. The highest BCUT2D eigenvalue weighted by Gasteiger charge is 2.30. The van der Waals surface area contributed by atoms with Crippen molar-refractivity contribution in [2.45, 2.75) is 17.1 Å². The third-order valence-electron chi connectivity index (χ3n) is 2.25. The second-order valence-electron chi connectivity index (χ2n) is 3.76. The Bertz CT molecular complexity index is 628. The largest absolute Gasteiger partial charge is 0.573 e. The molecule has 0 saturated heterocycles. The number of alkyl halides is 3. The van der Waals surface area contributed by atoms with E-state index in [1.54, 1.807) is 0 Å². The number of hydrogen-bond acceptors (Lipinski definition) is 5. The van der Waals surface area contributed by atoms with Gasteiger partial charge in [0, 0.05) is 5.75 Å². The number of nitrogens with zero attached hydrogens (tertiary/aromatic N) is 2. The molecule has 0 spiro atoms. The van der Waals surface area contributed by atoms with Gasteiger partial charge in [-0.1, -0.05) is 23.9 Å². The third-order valence-corrected chi connectivity index (χ3v) is 3.29. The number of aromatic amines is 1. The van der Waals surface area contributed by atoms with Crippen LogP contribution in [0.4, 0.5) is 13.2 Å². The fraction of sp³-hybridized carbons (Fsp3) is 0.182. The lowest BCUT2D eigenvalue weighted by Gasteiger charge is -2.09. The molecule has 0 atom stereocenters. The number of carboxylic acids is 1. The summed E-state index contributed by atoms with van der Waals surface area (Å²) in [4.78, 5) is 10.8. The van der Waals surface area contributed by atoms with E-state index in [0.717, 1.165) is 11.8 Å². The van der Waals surface area contributed by atoms with Crippen LogP contribution in [-0.4, -0.2) is 32.8 Å². The van der Waals surface area contributed by atoms with E-state index in [1.165, 1.54) is 24.3 Å². The smallest absolute Gasteiger partial charge is 0.476 e. The first kappa shape index (κ1) is 15.2. The average molecular weight is 319 g/mol. The monoisotopic (exact) mass is 319 g/mol. The molecular weight excluding hydrogens is 311 g/mol. The van der Waals surface area contributed by atoms with Gasteiger partial charge >= 0.3 is 12.3 Å². The molecule has 0 unspecified atom stereocenters. The van der Waals surface area contributed by atoms with Crippen LogP contribution in [0.15, 0.2) is 29.3 Å². The molecule has 1 aromatic heterocycles. The van der Waals surface area contributed by atoms with E-state index in [4.69, 9.17) is 5.11 Å². The number of rotatable bonds is 5. The van der Waals surface area contributed by atoms with Gasteiger partial charge in [0.25, 0.3) is 0 Å². The Hall–Kier alpha value is -2.23. The summed E-state index contributed by atoms with van der Waals surface area (Å²) in [5.74, 6) is -1.19. The lowest BCUT2D eigenvalue weighted by atomic mass is 10.2. The zero-order valence-corrected chi connectivity index (χ0v) is 11.0. The molecule has 2 rings (SSSR count). The molecule has 2 aromatic rings. The quantitative estimate of drug-likeness (QED) is 0.824. The molecule has 2 N–H and O–H groups in total. The zero-order chi connectivity index (χ0) is 15.5. The normalized spacial score (nSPS) is 11.4. The second-order valence-corrected chi connectivity index (χ2v) is 4.73. The molecule has 6 nitrogen and oxygen atoms in total. The number of ether oxygens (including phenoxy) is 1. The van der Waals surface area contributed by atoms with Gasteiger partial charge in [0.15, 0.2) is 5.03 Å². The number of hydrogen-bond donors (Lipinski definition) is 2. The first-order chi connectivity index (χ1) is 9.85. The topological polar surface area (TPSA) is 88.1 Å². The van der Waals surface area contributed by atoms with Gasteiger partial charge < -0.3 is 9.84 Å². The summed E-state index contributed by atoms with van der Waals surface area (Å²) in [6, 6.07) is 5.28. The minimum Gasteiger partial charge on any atom is -0.476 e. The van der Waals surface area contributed by atoms with Crippen molar-refractivity contribution in [1.82, 2.24) is 15.4 Å². The Labute approximate surface area is 120 Å². The predicted molar refractivity (Wildman–Crippen MR) is 66.0 cm³/mol. The molecule has 0 amide bonds. The van der Waals surface area contributed by atoms with Crippen LogP contribution in [0.3, 0.4) is 0 Å². The van der Waals surface area contributed by atoms with E-state index in [2.05, 4.69) is 20.1 Å². The number of carboxylic acid groups (broad SMARTS) is 1. The third kappa shape index (κ3) is 4.38. The average Bonchev–Trinajstić information content (AvgIpc) is 2.84. The highest BCUT2D eigenvalue weighted by Crippen LogP contribution is 2.26. The minimum absolute atomic E-state index is 0.197. The molecule has 0 aliphatic heterocycles. The molecule has 10 heteroatoms. The van der Waals surface area contributed by atoms with E-state index in [9.17, 15) is 18.0 Å². The Morgan fingerprint density at radius 1 is 1.29 bits per heavy atom. The van der Waals surface area contributed by atoms with E-state index in [0.29, 0.717) is 11.3 Å². The molecule has 0 radical (unpaired) electrons. The van der Waals surface area contributed by atoms with E-state index < -0.39 is 12.3 Å². The fourth-order valence-corrected chi connectivity index (χ4v) is 2.27. The molecule has 0 aliphatic rings. The number of benzene rings is 1. The van der Waals surface area contributed by atoms with E-state index >= 15 is 0 Å². The molecule has 0 aliphatic carbocycles. The minimum atomic E-state index is -4.73. The summed E-state index contributed by atoms with van der Waals surface area (Å²) in [6.45, 7) is 0.